The van der Waals surface area contributed by atoms with Gasteiger partial charge in [0.2, 0.25) is 0 Å². The lowest BCUT2D eigenvalue weighted by Crippen LogP contribution is -3.15. The highest BCUT2D eigenvalue weighted by Gasteiger charge is 2.24. The van der Waals surface area contributed by atoms with Gasteiger partial charge in [-0.3, -0.25) is 9.59 Å². The highest BCUT2D eigenvalue weighted by Crippen LogP contribution is 2.17. The Morgan fingerprint density at radius 3 is 2.25 bits per heavy atom. The Kier molecular flexibility index (Phi) is 8.02. The molecule has 1 unspecified atom stereocenters. The monoisotopic (exact) mass is 384 g/mol. The summed E-state index contributed by atoms with van der Waals surface area (Å²) < 4.78 is 5.75. The molecule has 2 aromatic rings. The van der Waals surface area contributed by atoms with E-state index in [1.807, 2.05) is 82.4 Å². The maximum Gasteiger partial charge on any atom is 0.282 e. The topological polar surface area (TPSA) is 71.9 Å². The van der Waals surface area contributed by atoms with E-state index < -0.39 is 0 Å². The second-order valence-corrected chi connectivity index (χ2v) is 7.25. The molecule has 150 valence electrons. The standard InChI is InChI=1S/C22H29N3O3/c1-16(2)23-21(26)14-25(4)17(3)22(27)24-19-10-12-20(13-11-19)28-15-18-8-6-5-7-9-18/h5-13,16-17H,14-15H2,1-4H3,(H,23,26)(H,24,27)/p+1/t17-/m0/s1. The van der Waals surface area contributed by atoms with Crippen molar-refractivity contribution in [1.82, 2.24) is 5.32 Å². The third-order valence-corrected chi connectivity index (χ3v) is 4.39. The normalized spacial score (nSPS) is 12.9. The minimum atomic E-state index is -0.355. The van der Waals surface area contributed by atoms with Gasteiger partial charge in [0.25, 0.3) is 11.8 Å². The van der Waals surface area contributed by atoms with Crippen molar-refractivity contribution in [2.75, 3.05) is 18.9 Å². The highest BCUT2D eigenvalue weighted by molar-refractivity contribution is 5.93. The number of ether oxygens (including phenoxy) is 1. The number of likely N-dealkylation sites (N-methyl/N-ethyl adjacent to an activating group) is 1. The van der Waals surface area contributed by atoms with Crippen LogP contribution in [0.5, 0.6) is 5.75 Å². The Balaban J connectivity index is 1.83. The van der Waals surface area contributed by atoms with E-state index in [0.717, 1.165) is 16.2 Å². The molecule has 0 saturated heterocycles. The molecule has 2 amide bonds. The molecule has 2 atom stereocenters. The molecule has 0 heterocycles. The second-order valence-electron chi connectivity index (χ2n) is 7.25. The number of rotatable bonds is 9. The van der Waals surface area contributed by atoms with E-state index in [2.05, 4.69) is 10.6 Å². The molecule has 2 rings (SSSR count). The molecule has 0 bridgehead atoms. The predicted octanol–water partition coefficient (Wildman–Crippen LogP) is 1.63. The minimum Gasteiger partial charge on any atom is -0.489 e. The van der Waals surface area contributed by atoms with Gasteiger partial charge in [-0.15, -0.1) is 0 Å². The first-order chi connectivity index (χ1) is 13.3. The zero-order valence-electron chi connectivity index (χ0n) is 17.0. The third-order valence-electron chi connectivity index (χ3n) is 4.39. The van der Waals surface area contributed by atoms with Crippen LogP contribution >= 0.6 is 0 Å². The van der Waals surface area contributed by atoms with Crippen LogP contribution in [0.25, 0.3) is 0 Å². The van der Waals surface area contributed by atoms with Crippen LogP contribution in [0.4, 0.5) is 5.69 Å². The van der Waals surface area contributed by atoms with Crippen molar-refractivity contribution < 1.29 is 19.2 Å². The van der Waals surface area contributed by atoms with Crippen LogP contribution in [-0.2, 0) is 16.2 Å². The number of hydrogen-bond acceptors (Lipinski definition) is 3. The lowest BCUT2D eigenvalue weighted by atomic mass is 10.2. The molecule has 2 aromatic carbocycles. The zero-order valence-corrected chi connectivity index (χ0v) is 17.0. The van der Waals surface area contributed by atoms with Gasteiger partial charge in [0, 0.05) is 11.7 Å². The first-order valence-corrected chi connectivity index (χ1v) is 9.54. The fraction of sp³-hybridized carbons (Fsp3) is 0.364. The Hall–Kier alpha value is -2.86. The molecule has 0 radical (unpaired) electrons. The maximum absolute atomic E-state index is 12.5. The van der Waals surface area contributed by atoms with Crippen LogP contribution in [0.15, 0.2) is 54.6 Å². The van der Waals surface area contributed by atoms with Crippen LogP contribution in [-0.4, -0.2) is 37.5 Å². The zero-order chi connectivity index (χ0) is 20.5. The average Bonchev–Trinajstić information content (AvgIpc) is 2.66. The molecule has 3 N–H and O–H groups in total. The molecule has 0 spiro atoms. The second kappa shape index (κ2) is 10.5. The molecule has 0 aliphatic carbocycles. The quantitative estimate of drug-likeness (QED) is 0.615. The largest absolute Gasteiger partial charge is 0.489 e. The first-order valence-electron chi connectivity index (χ1n) is 9.54. The summed E-state index contributed by atoms with van der Waals surface area (Å²) in [6.07, 6.45) is 0. The van der Waals surface area contributed by atoms with Gasteiger partial charge >= 0.3 is 0 Å². The summed E-state index contributed by atoms with van der Waals surface area (Å²) >= 11 is 0. The number of hydrogen-bond donors (Lipinski definition) is 3. The van der Waals surface area contributed by atoms with E-state index in [1.54, 1.807) is 0 Å². The van der Waals surface area contributed by atoms with Gasteiger partial charge in [0.15, 0.2) is 12.6 Å². The summed E-state index contributed by atoms with van der Waals surface area (Å²) in [7, 11) is 1.84. The average molecular weight is 385 g/mol. The Morgan fingerprint density at radius 1 is 1.00 bits per heavy atom. The molecule has 6 nitrogen and oxygen atoms in total. The molecule has 0 aliphatic heterocycles. The van der Waals surface area contributed by atoms with Crippen LogP contribution in [0.1, 0.15) is 26.3 Å². The van der Waals surface area contributed by atoms with Gasteiger partial charge in [-0.25, -0.2) is 0 Å². The van der Waals surface area contributed by atoms with Crippen molar-refractivity contribution in [3.8, 4) is 5.75 Å². The van der Waals surface area contributed by atoms with Crippen molar-refractivity contribution in [2.24, 2.45) is 0 Å². The number of anilines is 1. The van der Waals surface area contributed by atoms with Crippen molar-refractivity contribution in [3.05, 3.63) is 60.2 Å². The van der Waals surface area contributed by atoms with Crippen LogP contribution in [0, 0.1) is 0 Å². The number of carbonyl (C=O) groups excluding carboxylic acids is 2. The smallest absolute Gasteiger partial charge is 0.282 e. The van der Waals surface area contributed by atoms with Crippen molar-refractivity contribution in [3.63, 3.8) is 0 Å². The van der Waals surface area contributed by atoms with Gasteiger partial charge < -0.3 is 20.3 Å². The summed E-state index contributed by atoms with van der Waals surface area (Å²) in [5.41, 5.74) is 1.80. The summed E-state index contributed by atoms with van der Waals surface area (Å²) in [5, 5.41) is 5.73. The number of nitrogens with one attached hydrogen (secondary N) is 3. The van der Waals surface area contributed by atoms with E-state index in [1.165, 1.54) is 0 Å². The fourth-order valence-electron chi connectivity index (χ4n) is 2.63. The van der Waals surface area contributed by atoms with E-state index in [-0.39, 0.29) is 30.4 Å². The Morgan fingerprint density at radius 2 is 1.64 bits per heavy atom. The Labute approximate surface area is 166 Å². The maximum atomic E-state index is 12.5. The fourth-order valence-corrected chi connectivity index (χ4v) is 2.63. The van der Waals surface area contributed by atoms with E-state index in [9.17, 15) is 9.59 Å². The van der Waals surface area contributed by atoms with Crippen molar-refractivity contribution in [1.29, 1.82) is 0 Å². The van der Waals surface area contributed by atoms with Crippen LogP contribution in [0.3, 0.4) is 0 Å². The van der Waals surface area contributed by atoms with Crippen LogP contribution < -0.4 is 20.3 Å². The summed E-state index contributed by atoms with van der Waals surface area (Å²) in [6.45, 7) is 6.38. The third kappa shape index (κ3) is 7.04. The summed E-state index contributed by atoms with van der Waals surface area (Å²) in [6, 6.07) is 17.0. The minimum absolute atomic E-state index is 0.0629. The molecule has 0 aromatic heterocycles. The van der Waals surface area contributed by atoms with Gasteiger partial charge in [-0.2, -0.15) is 0 Å². The van der Waals surface area contributed by atoms with Gasteiger partial charge in [-0.1, -0.05) is 30.3 Å². The number of amides is 2. The van der Waals surface area contributed by atoms with Gasteiger partial charge in [0.05, 0.1) is 7.05 Å². The van der Waals surface area contributed by atoms with Crippen molar-refractivity contribution in [2.45, 2.75) is 39.5 Å². The number of carbonyl (C=O) groups is 2. The molecule has 0 fully saturated rings. The Bertz CT molecular complexity index is 760. The molecule has 28 heavy (non-hydrogen) atoms. The van der Waals surface area contributed by atoms with E-state index in [0.29, 0.717) is 12.3 Å². The molecule has 0 saturated carbocycles. The van der Waals surface area contributed by atoms with Crippen LogP contribution in [0.2, 0.25) is 0 Å². The molecular formula is C22H30N3O3+. The molecular weight excluding hydrogens is 354 g/mol. The van der Waals surface area contributed by atoms with E-state index in [4.69, 9.17) is 4.74 Å². The first kappa shape index (κ1) is 21.4. The van der Waals surface area contributed by atoms with Gasteiger partial charge in [0.1, 0.15) is 12.4 Å². The summed E-state index contributed by atoms with van der Waals surface area (Å²) in [5.74, 6) is 0.544. The molecule has 6 heteroatoms. The van der Waals surface area contributed by atoms with Crippen molar-refractivity contribution >= 4 is 17.5 Å². The molecule has 0 aliphatic rings. The lowest BCUT2D eigenvalue weighted by Gasteiger charge is -2.21. The predicted molar refractivity (Wildman–Crippen MR) is 110 cm³/mol. The van der Waals surface area contributed by atoms with Gasteiger partial charge in [-0.05, 0) is 50.6 Å². The lowest BCUT2D eigenvalue weighted by molar-refractivity contribution is -0.885. The van der Waals surface area contributed by atoms with E-state index >= 15 is 0 Å². The SMILES string of the molecule is CC(C)NC(=O)C[NH+](C)[C@@H](C)C(=O)Nc1ccc(OCc2ccccc2)cc1. The number of benzene rings is 2. The summed E-state index contributed by atoms with van der Waals surface area (Å²) in [4.78, 5) is 25.2. The highest BCUT2D eigenvalue weighted by atomic mass is 16.5. The number of quaternary nitrogens is 1.